The van der Waals surface area contributed by atoms with Gasteiger partial charge in [-0.15, -0.1) is 11.3 Å². The number of halogens is 1. The number of hydrogen-bond donors (Lipinski definition) is 1. The second-order valence-corrected chi connectivity index (χ2v) is 6.03. The first-order valence-corrected chi connectivity index (χ1v) is 6.77. The van der Waals surface area contributed by atoms with E-state index in [4.69, 9.17) is 5.73 Å². The largest absolute Gasteiger partial charge is 0.390 e. The number of hydrogen-bond acceptors (Lipinski definition) is 3. The SMILES string of the molecule is Cc1sc(N)c(C(=O)c2ccc(Br)cc2)c1C. The molecule has 0 saturated carbocycles. The van der Waals surface area contributed by atoms with Gasteiger partial charge in [0.15, 0.2) is 5.78 Å². The minimum atomic E-state index is -0.00292. The summed E-state index contributed by atoms with van der Waals surface area (Å²) in [5.41, 5.74) is 8.20. The standard InChI is InChI=1S/C13H12BrNOS/c1-7-8(2)17-13(15)11(7)12(16)9-3-5-10(14)6-4-9/h3-6H,15H2,1-2H3. The molecule has 0 atom stereocenters. The molecule has 0 unspecified atom stereocenters. The summed E-state index contributed by atoms with van der Waals surface area (Å²) in [4.78, 5) is 13.4. The van der Waals surface area contributed by atoms with Gasteiger partial charge in [-0.1, -0.05) is 15.9 Å². The van der Waals surface area contributed by atoms with Crippen LogP contribution in [0.1, 0.15) is 26.4 Å². The summed E-state index contributed by atoms with van der Waals surface area (Å²) in [5.74, 6) is -0.00292. The summed E-state index contributed by atoms with van der Waals surface area (Å²) in [6.07, 6.45) is 0. The van der Waals surface area contributed by atoms with Crippen molar-refractivity contribution in [3.63, 3.8) is 0 Å². The van der Waals surface area contributed by atoms with E-state index >= 15 is 0 Å². The molecule has 0 fully saturated rings. The van der Waals surface area contributed by atoms with Crippen molar-refractivity contribution in [1.29, 1.82) is 0 Å². The smallest absolute Gasteiger partial charge is 0.196 e. The Labute approximate surface area is 113 Å². The molecule has 0 aliphatic heterocycles. The molecule has 0 saturated heterocycles. The summed E-state index contributed by atoms with van der Waals surface area (Å²) in [6, 6.07) is 7.33. The van der Waals surface area contributed by atoms with Gasteiger partial charge in [0.2, 0.25) is 0 Å². The van der Waals surface area contributed by atoms with Gasteiger partial charge in [0.25, 0.3) is 0 Å². The molecule has 88 valence electrons. The minimum Gasteiger partial charge on any atom is -0.390 e. The van der Waals surface area contributed by atoms with Crippen molar-refractivity contribution >= 4 is 38.1 Å². The molecule has 1 aromatic carbocycles. The quantitative estimate of drug-likeness (QED) is 0.854. The number of nitrogens with two attached hydrogens (primary N) is 1. The van der Waals surface area contributed by atoms with Crippen LogP contribution in [0.5, 0.6) is 0 Å². The van der Waals surface area contributed by atoms with E-state index in [2.05, 4.69) is 15.9 Å². The number of aryl methyl sites for hydroxylation is 1. The lowest BCUT2D eigenvalue weighted by Crippen LogP contribution is -2.04. The number of carbonyl (C=O) groups excluding carboxylic acids is 1. The Hall–Kier alpha value is -1.13. The lowest BCUT2D eigenvalue weighted by Gasteiger charge is -2.02. The Morgan fingerprint density at radius 3 is 2.29 bits per heavy atom. The second-order valence-electron chi connectivity index (χ2n) is 3.86. The Morgan fingerprint density at radius 1 is 1.24 bits per heavy atom. The van der Waals surface area contributed by atoms with E-state index in [1.807, 2.05) is 26.0 Å². The Kier molecular flexibility index (Phi) is 3.35. The average Bonchev–Trinajstić information content (AvgIpc) is 2.53. The monoisotopic (exact) mass is 309 g/mol. The molecule has 0 spiro atoms. The number of thiophene rings is 1. The summed E-state index contributed by atoms with van der Waals surface area (Å²) >= 11 is 4.82. The molecule has 2 N–H and O–H groups in total. The molecular weight excluding hydrogens is 298 g/mol. The molecule has 2 aromatic rings. The van der Waals surface area contributed by atoms with E-state index in [0.717, 1.165) is 14.9 Å². The first-order chi connectivity index (χ1) is 8.00. The molecular formula is C13H12BrNOS. The predicted octanol–water partition coefficient (Wildman–Crippen LogP) is 3.94. The molecule has 2 rings (SSSR count). The van der Waals surface area contributed by atoms with Gasteiger partial charge in [-0.2, -0.15) is 0 Å². The maximum Gasteiger partial charge on any atom is 0.196 e. The van der Waals surface area contributed by atoms with Crippen LogP contribution in [0.15, 0.2) is 28.7 Å². The van der Waals surface area contributed by atoms with Gasteiger partial charge in [0.05, 0.1) is 10.6 Å². The minimum absolute atomic E-state index is 0.00292. The maximum absolute atomic E-state index is 12.3. The fourth-order valence-electron chi connectivity index (χ4n) is 1.68. The normalized spacial score (nSPS) is 10.5. The highest BCUT2D eigenvalue weighted by Gasteiger charge is 2.18. The van der Waals surface area contributed by atoms with Crippen LogP contribution in [-0.4, -0.2) is 5.78 Å². The third-order valence-electron chi connectivity index (χ3n) is 2.75. The zero-order chi connectivity index (χ0) is 12.6. The number of ketones is 1. The molecule has 2 nitrogen and oxygen atoms in total. The van der Waals surface area contributed by atoms with E-state index in [9.17, 15) is 4.79 Å². The number of anilines is 1. The fraction of sp³-hybridized carbons (Fsp3) is 0.154. The zero-order valence-corrected chi connectivity index (χ0v) is 12.0. The van der Waals surface area contributed by atoms with Crippen LogP contribution < -0.4 is 5.73 Å². The molecule has 0 radical (unpaired) electrons. The lowest BCUT2D eigenvalue weighted by molar-refractivity contribution is 0.103. The Balaban J connectivity index is 2.47. The van der Waals surface area contributed by atoms with Crippen molar-refractivity contribution in [2.75, 3.05) is 5.73 Å². The molecule has 1 heterocycles. The fourth-order valence-corrected chi connectivity index (χ4v) is 2.88. The Morgan fingerprint density at radius 2 is 1.82 bits per heavy atom. The summed E-state index contributed by atoms with van der Waals surface area (Å²) in [7, 11) is 0. The topological polar surface area (TPSA) is 43.1 Å². The summed E-state index contributed by atoms with van der Waals surface area (Å²) in [5, 5.41) is 0.605. The summed E-state index contributed by atoms with van der Waals surface area (Å²) < 4.78 is 0.959. The van der Waals surface area contributed by atoms with Crippen LogP contribution in [0.25, 0.3) is 0 Å². The van der Waals surface area contributed by atoms with Crippen LogP contribution in [0.4, 0.5) is 5.00 Å². The van der Waals surface area contributed by atoms with Crippen LogP contribution in [0.2, 0.25) is 0 Å². The van der Waals surface area contributed by atoms with E-state index in [1.165, 1.54) is 11.3 Å². The van der Waals surface area contributed by atoms with Gasteiger partial charge < -0.3 is 5.73 Å². The molecule has 4 heteroatoms. The van der Waals surface area contributed by atoms with Crippen molar-refractivity contribution < 1.29 is 4.79 Å². The predicted molar refractivity (Wildman–Crippen MR) is 75.8 cm³/mol. The maximum atomic E-state index is 12.3. The molecule has 0 bridgehead atoms. The highest BCUT2D eigenvalue weighted by Crippen LogP contribution is 2.31. The molecule has 17 heavy (non-hydrogen) atoms. The van der Waals surface area contributed by atoms with Gasteiger partial charge >= 0.3 is 0 Å². The third kappa shape index (κ3) is 2.28. The molecule has 1 aromatic heterocycles. The van der Waals surface area contributed by atoms with Crippen LogP contribution >= 0.6 is 27.3 Å². The second kappa shape index (κ2) is 4.63. The Bertz CT molecular complexity index is 572. The van der Waals surface area contributed by atoms with E-state index in [-0.39, 0.29) is 5.78 Å². The van der Waals surface area contributed by atoms with Gasteiger partial charge in [-0.3, -0.25) is 4.79 Å². The van der Waals surface area contributed by atoms with Crippen molar-refractivity contribution in [2.24, 2.45) is 0 Å². The first kappa shape index (κ1) is 12.3. The van der Waals surface area contributed by atoms with Gasteiger partial charge in [0, 0.05) is 14.9 Å². The van der Waals surface area contributed by atoms with Crippen LogP contribution in [0, 0.1) is 13.8 Å². The number of nitrogen functional groups attached to an aromatic ring is 1. The van der Waals surface area contributed by atoms with E-state index < -0.39 is 0 Å². The van der Waals surface area contributed by atoms with Crippen molar-refractivity contribution in [3.05, 3.63) is 50.3 Å². The van der Waals surface area contributed by atoms with Gasteiger partial charge in [0.1, 0.15) is 0 Å². The van der Waals surface area contributed by atoms with Crippen molar-refractivity contribution in [1.82, 2.24) is 0 Å². The molecule has 0 aliphatic carbocycles. The third-order valence-corrected chi connectivity index (χ3v) is 4.31. The zero-order valence-electron chi connectivity index (χ0n) is 9.58. The summed E-state index contributed by atoms with van der Waals surface area (Å²) in [6.45, 7) is 3.92. The van der Waals surface area contributed by atoms with Crippen LogP contribution in [-0.2, 0) is 0 Å². The lowest BCUT2D eigenvalue weighted by atomic mass is 10.0. The van der Waals surface area contributed by atoms with Gasteiger partial charge in [-0.05, 0) is 43.7 Å². The first-order valence-electron chi connectivity index (χ1n) is 5.16. The highest BCUT2D eigenvalue weighted by atomic mass is 79.9. The number of rotatable bonds is 2. The number of benzene rings is 1. The van der Waals surface area contributed by atoms with Crippen molar-refractivity contribution in [2.45, 2.75) is 13.8 Å². The van der Waals surface area contributed by atoms with Gasteiger partial charge in [-0.25, -0.2) is 0 Å². The van der Waals surface area contributed by atoms with Crippen LogP contribution in [0.3, 0.4) is 0 Å². The molecule has 0 aliphatic rings. The average molecular weight is 310 g/mol. The van der Waals surface area contributed by atoms with Crippen molar-refractivity contribution in [3.8, 4) is 0 Å². The molecule has 0 amide bonds. The van der Waals surface area contributed by atoms with E-state index in [0.29, 0.717) is 16.1 Å². The number of carbonyl (C=O) groups is 1. The van der Waals surface area contributed by atoms with E-state index in [1.54, 1.807) is 12.1 Å². The highest BCUT2D eigenvalue weighted by molar-refractivity contribution is 9.10.